The van der Waals surface area contributed by atoms with Gasteiger partial charge in [0.05, 0.1) is 11.1 Å². The molecule has 0 bridgehead atoms. The van der Waals surface area contributed by atoms with E-state index in [4.69, 9.17) is 8.83 Å². The molecule has 0 saturated heterocycles. The van der Waals surface area contributed by atoms with Crippen molar-refractivity contribution in [1.29, 1.82) is 0 Å². The van der Waals surface area contributed by atoms with Crippen molar-refractivity contribution in [2.24, 2.45) is 0 Å². The Morgan fingerprint density at radius 1 is 0.327 bits per heavy atom. The van der Waals surface area contributed by atoms with E-state index in [2.05, 4.69) is 193 Å². The molecule has 9 aromatic carbocycles. The van der Waals surface area contributed by atoms with Crippen molar-refractivity contribution < 1.29 is 8.83 Å². The van der Waals surface area contributed by atoms with Crippen LogP contribution in [0.2, 0.25) is 0 Å². The van der Waals surface area contributed by atoms with Crippen LogP contribution in [-0.4, -0.2) is 0 Å². The number of benzene rings is 9. The summed E-state index contributed by atoms with van der Waals surface area (Å²) in [6.07, 6.45) is 0. The molecule has 0 aliphatic heterocycles. The van der Waals surface area contributed by atoms with Crippen LogP contribution in [0.1, 0.15) is 0 Å². The highest BCUT2D eigenvalue weighted by Gasteiger charge is 2.20. The Labute approximate surface area is 317 Å². The van der Waals surface area contributed by atoms with E-state index in [0.717, 1.165) is 83.0 Å². The monoisotopic (exact) mass is 703 g/mol. The molecule has 0 unspecified atom stereocenters. The number of para-hydroxylation sites is 1. The zero-order valence-corrected chi connectivity index (χ0v) is 29.8. The van der Waals surface area contributed by atoms with Crippen LogP contribution in [0, 0.1) is 0 Å². The maximum Gasteiger partial charge on any atom is 0.143 e. The average molecular weight is 704 g/mol. The fourth-order valence-corrected chi connectivity index (χ4v) is 8.27. The van der Waals surface area contributed by atoms with Gasteiger partial charge in [-0.2, -0.15) is 0 Å². The first kappa shape index (κ1) is 31.2. The minimum absolute atomic E-state index is 0.862. The molecule has 0 aliphatic carbocycles. The average Bonchev–Trinajstić information content (AvgIpc) is 3.84. The van der Waals surface area contributed by atoms with Gasteiger partial charge in [-0.05, 0) is 99.4 Å². The number of fused-ring (bicyclic) bond motifs is 8. The molecule has 0 spiro atoms. The maximum absolute atomic E-state index is 6.53. The van der Waals surface area contributed by atoms with E-state index >= 15 is 0 Å². The van der Waals surface area contributed by atoms with Crippen LogP contribution in [0.4, 0.5) is 17.1 Å². The van der Waals surface area contributed by atoms with Crippen molar-refractivity contribution in [3.05, 3.63) is 200 Å². The fraction of sp³-hybridized carbons (Fsp3) is 0. The van der Waals surface area contributed by atoms with Crippen molar-refractivity contribution >= 4 is 71.7 Å². The second kappa shape index (κ2) is 12.6. The minimum Gasteiger partial charge on any atom is -0.456 e. The van der Waals surface area contributed by atoms with E-state index in [1.54, 1.807) is 0 Å². The van der Waals surface area contributed by atoms with Crippen LogP contribution in [0.25, 0.3) is 88.0 Å². The first-order chi connectivity index (χ1) is 27.3. The second-order valence-corrected chi connectivity index (χ2v) is 14.1. The van der Waals surface area contributed by atoms with Gasteiger partial charge in [0, 0.05) is 32.9 Å². The Kier molecular flexibility index (Phi) is 7.17. The smallest absolute Gasteiger partial charge is 0.143 e. The lowest BCUT2D eigenvalue weighted by atomic mass is 9.97. The summed E-state index contributed by atoms with van der Waals surface area (Å²) >= 11 is 0. The highest BCUT2D eigenvalue weighted by Crippen LogP contribution is 2.45. The number of hydrogen-bond acceptors (Lipinski definition) is 3. The number of hydrogen-bond donors (Lipinski definition) is 0. The van der Waals surface area contributed by atoms with Crippen molar-refractivity contribution in [3.63, 3.8) is 0 Å². The van der Waals surface area contributed by atoms with E-state index in [0.29, 0.717) is 0 Å². The molecule has 0 saturated carbocycles. The first-order valence-corrected chi connectivity index (χ1v) is 18.7. The molecule has 0 amide bonds. The van der Waals surface area contributed by atoms with Crippen molar-refractivity contribution in [2.45, 2.75) is 0 Å². The quantitative estimate of drug-likeness (QED) is 0.173. The Morgan fingerprint density at radius 3 is 1.69 bits per heavy atom. The molecule has 11 rings (SSSR count). The van der Waals surface area contributed by atoms with Crippen LogP contribution in [0.5, 0.6) is 0 Å². The molecule has 0 radical (unpaired) electrons. The molecular formula is C52H33NO2. The Bertz CT molecular complexity index is 3190. The molecule has 0 aliphatic rings. The Morgan fingerprint density at radius 2 is 0.909 bits per heavy atom. The Balaban J connectivity index is 1.04. The van der Waals surface area contributed by atoms with Crippen molar-refractivity contribution in [2.75, 3.05) is 4.90 Å². The zero-order valence-electron chi connectivity index (χ0n) is 29.8. The third-order valence-electron chi connectivity index (χ3n) is 10.9. The summed E-state index contributed by atoms with van der Waals surface area (Å²) in [6.45, 7) is 0. The molecule has 258 valence electrons. The highest BCUT2D eigenvalue weighted by atomic mass is 16.3. The van der Waals surface area contributed by atoms with Crippen molar-refractivity contribution in [3.8, 4) is 33.4 Å². The Hall–Kier alpha value is -7.36. The number of furan rings is 2. The summed E-state index contributed by atoms with van der Waals surface area (Å²) in [6, 6.07) is 70.9. The summed E-state index contributed by atoms with van der Waals surface area (Å²) in [4.78, 5) is 2.35. The lowest BCUT2D eigenvalue weighted by Gasteiger charge is -2.26. The molecule has 3 nitrogen and oxygen atoms in total. The van der Waals surface area contributed by atoms with Gasteiger partial charge in [-0.3, -0.25) is 0 Å². The van der Waals surface area contributed by atoms with Crippen LogP contribution in [0.15, 0.2) is 209 Å². The van der Waals surface area contributed by atoms with Gasteiger partial charge in [0.25, 0.3) is 0 Å². The minimum atomic E-state index is 0.862. The molecule has 0 N–H and O–H groups in total. The molecule has 0 fully saturated rings. The van der Waals surface area contributed by atoms with Gasteiger partial charge in [-0.25, -0.2) is 0 Å². The van der Waals surface area contributed by atoms with Gasteiger partial charge < -0.3 is 13.7 Å². The van der Waals surface area contributed by atoms with Crippen LogP contribution in [-0.2, 0) is 0 Å². The standard InChI is InChI=1S/C52H33NO2/c1-2-11-34(12-3-1)38-14-8-15-39(33-38)35-23-28-40(29-24-35)53(46-19-10-22-49-51(46)44-17-6-7-20-47(44)54-49)41-30-25-37(26-31-41)42-18-9-21-48-50(42)45-32-27-36-13-4-5-16-43(36)52(45)55-48/h1-33H. The third kappa shape index (κ3) is 5.20. The predicted octanol–water partition coefficient (Wildman–Crippen LogP) is 15.1. The highest BCUT2D eigenvalue weighted by molar-refractivity contribution is 6.19. The van der Waals surface area contributed by atoms with Gasteiger partial charge in [-0.1, -0.05) is 140 Å². The molecule has 3 heteroatoms. The molecule has 2 aromatic heterocycles. The van der Waals surface area contributed by atoms with E-state index in [9.17, 15) is 0 Å². The third-order valence-corrected chi connectivity index (χ3v) is 10.9. The lowest BCUT2D eigenvalue weighted by Crippen LogP contribution is -2.10. The molecule has 2 heterocycles. The fourth-order valence-electron chi connectivity index (χ4n) is 8.27. The predicted molar refractivity (Wildman–Crippen MR) is 229 cm³/mol. The number of anilines is 3. The summed E-state index contributed by atoms with van der Waals surface area (Å²) in [5.41, 5.74) is 13.8. The van der Waals surface area contributed by atoms with Gasteiger partial charge in [0.2, 0.25) is 0 Å². The van der Waals surface area contributed by atoms with Gasteiger partial charge in [0.1, 0.15) is 22.3 Å². The summed E-state index contributed by atoms with van der Waals surface area (Å²) in [5, 5.41) is 6.74. The van der Waals surface area contributed by atoms with Crippen molar-refractivity contribution in [1.82, 2.24) is 0 Å². The van der Waals surface area contributed by atoms with Gasteiger partial charge in [0.15, 0.2) is 0 Å². The molecule has 11 aromatic rings. The molecular weight excluding hydrogens is 671 g/mol. The van der Waals surface area contributed by atoms with E-state index in [1.165, 1.54) is 22.1 Å². The first-order valence-electron chi connectivity index (χ1n) is 18.7. The van der Waals surface area contributed by atoms with E-state index in [1.807, 2.05) is 12.1 Å². The zero-order chi connectivity index (χ0) is 36.3. The topological polar surface area (TPSA) is 29.5 Å². The summed E-state index contributed by atoms with van der Waals surface area (Å²) in [5.74, 6) is 0. The second-order valence-electron chi connectivity index (χ2n) is 14.1. The van der Waals surface area contributed by atoms with Crippen LogP contribution < -0.4 is 4.90 Å². The summed E-state index contributed by atoms with van der Waals surface area (Å²) in [7, 11) is 0. The normalized spacial score (nSPS) is 11.6. The van der Waals surface area contributed by atoms with Gasteiger partial charge in [-0.15, -0.1) is 0 Å². The van der Waals surface area contributed by atoms with E-state index in [-0.39, 0.29) is 0 Å². The SMILES string of the molecule is c1ccc(-c2cccc(-c3ccc(N(c4ccc(-c5cccc6oc7c8ccccc8ccc7c56)cc4)c4cccc5oc6ccccc6c45)cc3)c2)cc1. The maximum atomic E-state index is 6.53. The molecule has 0 atom stereocenters. The molecule has 55 heavy (non-hydrogen) atoms. The summed E-state index contributed by atoms with van der Waals surface area (Å²) < 4.78 is 12.9. The largest absolute Gasteiger partial charge is 0.456 e. The lowest BCUT2D eigenvalue weighted by molar-refractivity contribution is 0.669. The van der Waals surface area contributed by atoms with Crippen LogP contribution in [0.3, 0.4) is 0 Å². The van der Waals surface area contributed by atoms with Crippen LogP contribution >= 0.6 is 0 Å². The van der Waals surface area contributed by atoms with E-state index < -0.39 is 0 Å². The number of nitrogens with zero attached hydrogens (tertiary/aromatic N) is 1. The number of rotatable bonds is 6. The van der Waals surface area contributed by atoms with Gasteiger partial charge >= 0.3 is 0 Å².